The van der Waals surface area contributed by atoms with Gasteiger partial charge in [-0.2, -0.15) is 0 Å². The molecule has 0 radical (unpaired) electrons. The van der Waals surface area contributed by atoms with E-state index >= 15 is 0 Å². The fraction of sp³-hybridized carbons (Fsp3) is 0.550. The zero-order chi connectivity index (χ0) is 29.8. The molecule has 3 aliphatic rings. The van der Waals surface area contributed by atoms with Crippen LogP contribution in [0.25, 0.3) is 11.2 Å². The number of thiol groups is 1. The molecule has 0 saturated carbocycles. The molecule has 3 fully saturated rings. The predicted octanol–water partition coefficient (Wildman–Crippen LogP) is 0.114. The molecule has 6 heterocycles. The van der Waals surface area contributed by atoms with Crippen molar-refractivity contribution in [2.24, 2.45) is 0 Å². The van der Waals surface area contributed by atoms with E-state index in [1.54, 1.807) is 0 Å². The summed E-state index contributed by atoms with van der Waals surface area (Å²) in [4.78, 5) is 49.1. The first-order valence-electron chi connectivity index (χ1n) is 12.3. The summed E-state index contributed by atoms with van der Waals surface area (Å²) in [6.45, 7) is -5.14. The summed E-state index contributed by atoms with van der Waals surface area (Å²) >= 11 is 4.09. The van der Waals surface area contributed by atoms with Gasteiger partial charge < -0.3 is 24.8 Å². The van der Waals surface area contributed by atoms with Gasteiger partial charge in [-0.1, -0.05) is 12.2 Å². The number of aromatic amines is 1. The Bertz CT molecular complexity index is 1700. The molecule has 9 atom stereocenters. The van der Waals surface area contributed by atoms with Crippen LogP contribution in [0, 0.1) is 0 Å². The highest BCUT2D eigenvalue weighted by Crippen LogP contribution is 2.58. The molecule has 42 heavy (non-hydrogen) atoms. The van der Waals surface area contributed by atoms with Crippen molar-refractivity contribution >= 4 is 43.9 Å². The topological polar surface area (TPSA) is 243 Å². The highest BCUT2D eigenvalue weighted by atomic mass is 32.7. The van der Waals surface area contributed by atoms with E-state index in [0.29, 0.717) is 0 Å². The molecule has 0 aromatic carbocycles. The standard InChI is InChI=1S/C20H25N7O12P2S/c1-33-15-14-11(37-19(15)26-3-2-12(28)25-20(26)29)6-34-40(30,31)38-10-4-9(5-35-41(32,42)39-14)36-18(10)27-8-24-13-16(21)22-7-23-17(13)27/h2-3,7-11,14-15,18-19H,4-6H2,1H3,(H,30,31)(H,32,42)(H2,21,22,23)(H,25,28,29)/t9-,10+,11+,14+,15+,18+,19+,41?/m0/s1. The van der Waals surface area contributed by atoms with Crippen molar-refractivity contribution in [2.45, 2.75) is 49.4 Å². The second kappa shape index (κ2) is 11.2. The first-order valence-corrected chi connectivity index (χ1v) is 16.5. The van der Waals surface area contributed by atoms with Gasteiger partial charge in [-0.3, -0.25) is 37.0 Å². The van der Waals surface area contributed by atoms with E-state index in [0.717, 1.165) is 10.6 Å². The minimum Gasteiger partial charge on any atom is -0.382 e. The van der Waals surface area contributed by atoms with Crippen LogP contribution in [0.5, 0.6) is 0 Å². The minimum absolute atomic E-state index is 0.00779. The van der Waals surface area contributed by atoms with Crippen LogP contribution >= 0.6 is 26.9 Å². The maximum Gasteiger partial charge on any atom is 0.472 e. The Balaban J connectivity index is 1.31. The van der Waals surface area contributed by atoms with Gasteiger partial charge in [-0.05, 0) is 0 Å². The summed E-state index contributed by atoms with van der Waals surface area (Å²) in [5.41, 5.74) is 4.96. The minimum atomic E-state index is -4.82. The van der Waals surface area contributed by atoms with Crippen LogP contribution in [0.2, 0.25) is 0 Å². The summed E-state index contributed by atoms with van der Waals surface area (Å²) in [6, 6.07) is 1.08. The highest BCUT2D eigenvalue weighted by molar-refractivity contribution is 8.44. The molecule has 3 aliphatic heterocycles. The maximum atomic E-state index is 13.4. The van der Waals surface area contributed by atoms with Crippen molar-refractivity contribution in [3.05, 3.63) is 45.8 Å². The van der Waals surface area contributed by atoms with Crippen molar-refractivity contribution in [1.82, 2.24) is 29.1 Å². The average molecular weight is 649 g/mol. The van der Waals surface area contributed by atoms with E-state index in [4.69, 9.17) is 38.0 Å². The SMILES string of the molecule is CO[C@@H]1[C@@H]2OP(=O)(S)OC[C@@H]3C[C@@H](OP(=O)(O)OC[C@H]2O[C@H]1n1ccc(=O)[nH]c1=O)[C@H](n1cnc2c(N)ncnc21)O3. The van der Waals surface area contributed by atoms with Crippen molar-refractivity contribution in [2.75, 3.05) is 26.1 Å². The van der Waals surface area contributed by atoms with Gasteiger partial charge >= 0.3 is 20.3 Å². The number of nitrogens with two attached hydrogens (primary N) is 1. The van der Waals surface area contributed by atoms with Gasteiger partial charge in [0.2, 0.25) is 0 Å². The number of ether oxygens (including phenoxy) is 3. The maximum absolute atomic E-state index is 13.4. The number of nitrogens with zero attached hydrogens (tertiary/aromatic N) is 5. The molecule has 3 saturated heterocycles. The lowest BCUT2D eigenvalue weighted by atomic mass is 10.1. The number of rotatable bonds is 3. The van der Waals surface area contributed by atoms with Crippen molar-refractivity contribution < 1.29 is 46.3 Å². The molecule has 3 aromatic heterocycles. The number of phosphoric acid groups is 1. The molecular formula is C20H25N7O12P2S. The molecule has 2 bridgehead atoms. The van der Waals surface area contributed by atoms with E-state index in [2.05, 4.69) is 32.2 Å². The zero-order valence-electron chi connectivity index (χ0n) is 21.6. The molecule has 0 aliphatic carbocycles. The lowest BCUT2D eigenvalue weighted by Gasteiger charge is -2.27. The van der Waals surface area contributed by atoms with Crippen molar-refractivity contribution in [3.63, 3.8) is 0 Å². The summed E-state index contributed by atoms with van der Waals surface area (Å²) in [7, 11) is -3.54. The van der Waals surface area contributed by atoms with Crippen LogP contribution in [0.1, 0.15) is 18.9 Å². The number of methoxy groups -OCH3 is 1. The second-order valence-corrected chi connectivity index (χ2v) is 13.8. The molecule has 228 valence electrons. The Morgan fingerprint density at radius 3 is 2.67 bits per heavy atom. The number of fused-ring (bicyclic) bond motifs is 4. The third-order valence-electron chi connectivity index (χ3n) is 6.84. The first-order chi connectivity index (χ1) is 19.9. The first kappa shape index (κ1) is 29.6. The molecule has 3 aromatic rings. The number of aromatic nitrogens is 6. The zero-order valence-corrected chi connectivity index (χ0v) is 24.2. The Hall–Kier alpha value is -2.48. The lowest BCUT2D eigenvalue weighted by molar-refractivity contribution is -0.0677. The Morgan fingerprint density at radius 1 is 1.10 bits per heavy atom. The summed E-state index contributed by atoms with van der Waals surface area (Å²) in [5.74, 6) is 0.114. The quantitative estimate of drug-likeness (QED) is 0.217. The number of hydrogen-bond acceptors (Lipinski definition) is 15. The van der Waals surface area contributed by atoms with Gasteiger partial charge in [0.15, 0.2) is 23.9 Å². The van der Waals surface area contributed by atoms with E-state index in [1.807, 2.05) is 0 Å². The fourth-order valence-corrected chi connectivity index (χ4v) is 7.46. The number of anilines is 1. The average Bonchev–Trinajstić information content (AvgIpc) is 3.61. The van der Waals surface area contributed by atoms with E-state index in [-0.39, 0.29) is 30.0 Å². The number of nitrogen functional groups attached to an aromatic ring is 1. The van der Waals surface area contributed by atoms with E-state index in [9.17, 15) is 23.6 Å². The van der Waals surface area contributed by atoms with Gasteiger partial charge in [-0.15, -0.1) is 0 Å². The van der Waals surface area contributed by atoms with Crippen LogP contribution in [0.4, 0.5) is 5.82 Å². The molecule has 6 rings (SSSR count). The normalized spacial score (nSPS) is 37.5. The second-order valence-electron chi connectivity index (χ2n) is 9.49. The third kappa shape index (κ3) is 5.72. The number of nitrogens with one attached hydrogen (secondary N) is 1. The number of hydrogen-bond donors (Lipinski definition) is 4. The molecule has 0 amide bonds. The smallest absolute Gasteiger partial charge is 0.382 e. The fourth-order valence-electron chi connectivity index (χ4n) is 5.02. The largest absolute Gasteiger partial charge is 0.472 e. The van der Waals surface area contributed by atoms with Gasteiger partial charge in [0.05, 0.1) is 25.6 Å². The summed E-state index contributed by atoms with van der Waals surface area (Å²) in [6.07, 6.45) is -4.08. The lowest BCUT2D eigenvalue weighted by Crippen LogP contribution is -2.39. The van der Waals surface area contributed by atoms with Crippen molar-refractivity contribution in [1.29, 1.82) is 0 Å². The molecule has 2 unspecified atom stereocenters. The molecular weight excluding hydrogens is 624 g/mol. The van der Waals surface area contributed by atoms with Crippen LogP contribution in [-0.4, -0.2) is 84.8 Å². The molecule has 19 nitrogen and oxygen atoms in total. The predicted molar refractivity (Wildman–Crippen MR) is 142 cm³/mol. The van der Waals surface area contributed by atoms with Crippen molar-refractivity contribution in [3.8, 4) is 0 Å². The highest BCUT2D eigenvalue weighted by Gasteiger charge is 2.52. The van der Waals surface area contributed by atoms with Gasteiger partial charge in [-0.25, -0.2) is 28.9 Å². The Kier molecular flexibility index (Phi) is 7.90. The van der Waals surface area contributed by atoms with Crippen LogP contribution in [0.3, 0.4) is 0 Å². The Labute approximate surface area is 240 Å². The van der Waals surface area contributed by atoms with E-state index in [1.165, 1.54) is 30.5 Å². The van der Waals surface area contributed by atoms with Gasteiger partial charge in [0.25, 0.3) is 5.56 Å². The molecule has 0 spiro atoms. The number of H-pyrrole nitrogens is 1. The van der Waals surface area contributed by atoms with Crippen LogP contribution < -0.4 is 17.0 Å². The van der Waals surface area contributed by atoms with Gasteiger partial charge in [0.1, 0.15) is 36.3 Å². The third-order valence-corrected chi connectivity index (χ3v) is 9.47. The summed E-state index contributed by atoms with van der Waals surface area (Å²) in [5, 5.41) is 0. The van der Waals surface area contributed by atoms with E-state index < -0.39 is 75.5 Å². The Morgan fingerprint density at radius 2 is 1.90 bits per heavy atom. The van der Waals surface area contributed by atoms with Crippen LogP contribution in [0.15, 0.2) is 34.5 Å². The monoisotopic (exact) mass is 649 g/mol. The number of phosphoric ester groups is 1. The summed E-state index contributed by atoms with van der Waals surface area (Å²) < 4.78 is 68.4. The molecule has 22 heteroatoms. The number of imidazole rings is 1. The van der Waals surface area contributed by atoms with Gasteiger partial charge in [0, 0.05) is 25.8 Å². The van der Waals surface area contributed by atoms with Crippen LogP contribution in [-0.2, 0) is 41.4 Å². The molecule has 4 N–H and O–H groups in total.